The highest BCUT2D eigenvalue weighted by Gasteiger charge is 2.24. The molecule has 5 rings (SSSR count). The zero-order valence-corrected chi connectivity index (χ0v) is 17.9. The first-order valence-corrected chi connectivity index (χ1v) is 11.1. The molecule has 1 aromatic heterocycles. The van der Waals surface area contributed by atoms with Crippen LogP contribution >= 0.6 is 11.8 Å². The van der Waals surface area contributed by atoms with Gasteiger partial charge in [0.2, 0.25) is 5.88 Å². The van der Waals surface area contributed by atoms with Gasteiger partial charge in [0.1, 0.15) is 10.8 Å². The Kier molecular flexibility index (Phi) is 5.01. The lowest BCUT2D eigenvalue weighted by Gasteiger charge is -2.22. The summed E-state index contributed by atoms with van der Waals surface area (Å²) in [4.78, 5) is 9.77. The Morgan fingerprint density at radius 3 is 2.43 bits per heavy atom. The number of fused-ring (bicyclic) bond motifs is 2. The van der Waals surface area contributed by atoms with E-state index in [1.54, 1.807) is 11.8 Å². The number of aromatic nitrogens is 2. The number of nitrogens with zero attached hydrogens (tertiary/aromatic N) is 2. The first-order chi connectivity index (χ1) is 14.7. The maximum Gasteiger partial charge on any atom is 0.227 e. The van der Waals surface area contributed by atoms with Crippen molar-refractivity contribution in [2.75, 3.05) is 0 Å². The van der Waals surface area contributed by atoms with Crippen LogP contribution in [0.4, 0.5) is 0 Å². The molecule has 30 heavy (non-hydrogen) atoms. The van der Waals surface area contributed by atoms with Crippen molar-refractivity contribution in [3.05, 3.63) is 101 Å². The average molecular weight is 411 g/mol. The van der Waals surface area contributed by atoms with E-state index in [-0.39, 0.29) is 0 Å². The molecule has 3 nitrogen and oxygen atoms in total. The van der Waals surface area contributed by atoms with Crippen LogP contribution in [0.2, 0.25) is 0 Å². The first-order valence-electron chi connectivity index (χ1n) is 10.1. The maximum atomic E-state index is 6.25. The van der Waals surface area contributed by atoms with Crippen LogP contribution in [0.15, 0.2) is 77.8 Å². The second-order valence-corrected chi connectivity index (χ2v) is 8.63. The van der Waals surface area contributed by atoms with E-state index in [1.807, 2.05) is 12.1 Å². The Morgan fingerprint density at radius 2 is 1.63 bits per heavy atom. The van der Waals surface area contributed by atoms with E-state index in [2.05, 4.69) is 74.5 Å². The summed E-state index contributed by atoms with van der Waals surface area (Å²) in [7, 11) is 0. The minimum atomic E-state index is 0.674. The van der Waals surface area contributed by atoms with Gasteiger partial charge in [-0.3, -0.25) is 0 Å². The van der Waals surface area contributed by atoms with E-state index in [1.165, 1.54) is 22.3 Å². The molecule has 0 atom stereocenters. The Hall–Kier alpha value is -3.11. The second kappa shape index (κ2) is 7.96. The summed E-state index contributed by atoms with van der Waals surface area (Å²) < 4.78 is 6.25. The van der Waals surface area contributed by atoms with Gasteiger partial charge in [-0.15, -0.1) is 11.8 Å². The van der Waals surface area contributed by atoms with Gasteiger partial charge in [-0.05, 0) is 31.0 Å². The van der Waals surface area contributed by atoms with Crippen molar-refractivity contribution in [1.82, 2.24) is 9.97 Å². The number of thioether (sulfide) groups is 1. The number of ether oxygens (including phenoxy) is 1. The molecule has 0 N–H and O–H groups in total. The molecular formula is C26H22N2OS. The molecule has 0 amide bonds. The Bertz CT molecular complexity index is 1200. The van der Waals surface area contributed by atoms with E-state index in [4.69, 9.17) is 14.7 Å². The molecule has 0 bridgehead atoms. The Balaban J connectivity index is 1.56. The third kappa shape index (κ3) is 3.83. The van der Waals surface area contributed by atoms with Gasteiger partial charge in [0.15, 0.2) is 5.82 Å². The van der Waals surface area contributed by atoms with Crippen molar-refractivity contribution in [1.29, 1.82) is 0 Å². The highest BCUT2D eigenvalue weighted by Crippen LogP contribution is 2.41. The van der Waals surface area contributed by atoms with Crippen LogP contribution < -0.4 is 4.74 Å². The van der Waals surface area contributed by atoms with Crippen molar-refractivity contribution in [2.24, 2.45) is 0 Å². The molecule has 0 aliphatic carbocycles. The molecule has 0 unspecified atom stereocenters. The van der Waals surface area contributed by atoms with Crippen molar-refractivity contribution in [3.63, 3.8) is 0 Å². The van der Waals surface area contributed by atoms with Gasteiger partial charge in [-0.1, -0.05) is 77.9 Å². The van der Waals surface area contributed by atoms with Gasteiger partial charge in [-0.25, -0.2) is 4.98 Å². The molecule has 0 fully saturated rings. The maximum absolute atomic E-state index is 6.25. The van der Waals surface area contributed by atoms with E-state index in [0.29, 0.717) is 11.7 Å². The minimum Gasteiger partial charge on any atom is -0.438 e. The van der Waals surface area contributed by atoms with E-state index in [9.17, 15) is 0 Å². The lowest BCUT2D eigenvalue weighted by Crippen LogP contribution is -2.09. The van der Waals surface area contributed by atoms with Crippen LogP contribution in [0.5, 0.6) is 11.6 Å². The zero-order valence-electron chi connectivity index (χ0n) is 17.1. The van der Waals surface area contributed by atoms with Gasteiger partial charge in [-0.2, -0.15) is 4.98 Å². The molecule has 0 spiro atoms. The van der Waals surface area contributed by atoms with Crippen molar-refractivity contribution in [3.8, 4) is 23.0 Å². The van der Waals surface area contributed by atoms with Crippen LogP contribution in [0.3, 0.4) is 0 Å². The fourth-order valence-corrected chi connectivity index (χ4v) is 4.58. The molecule has 0 saturated heterocycles. The lowest BCUT2D eigenvalue weighted by molar-refractivity contribution is 0.435. The smallest absolute Gasteiger partial charge is 0.227 e. The average Bonchev–Trinajstić information content (AvgIpc) is 2.77. The highest BCUT2D eigenvalue weighted by atomic mass is 32.2. The molecule has 1 aliphatic rings. The normalized spacial score (nSPS) is 12.1. The summed E-state index contributed by atoms with van der Waals surface area (Å²) in [6.45, 7) is 4.19. The number of hydrogen-bond donors (Lipinski definition) is 0. The van der Waals surface area contributed by atoms with Crippen molar-refractivity contribution in [2.45, 2.75) is 31.0 Å². The summed E-state index contributed by atoms with van der Waals surface area (Å²) >= 11 is 1.75. The van der Waals surface area contributed by atoms with Crippen LogP contribution in [0.1, 0.15) is 27.8 Å². The molecule has 0 saturated carbocycles. The monoisotopic (exact) mass is 410 g/mol. The van der Waals surface area contributed by atoms with Crippen molar-refractivity contribution < 1.29 is 4.74 Å². The third-order valence-corrected chi connectivity index (χ3v) is 6.34. The van der Waals surface area contributed by atoms with Crippen LogP contribution in [-0.4, -0.2) is 9.97 Å². The SMILES string of the molecule is Cc1ccc(-c2nc3c(c(SCc4ccccc4)n2)Cc2cc(C)ccc2O3)cc1. The molecule has 2 heterocycles. The predicted octanol–water partition coefficient (Wildman–Crippen LogP) is 6.75. The van der Waals surface area contributed by atoms with Gasteiger partial charge < -0.3 is 4.74 Å². The Labute approximate surface area is 181 Å². The fourth-order valence-electron chi connectivity index (χ4n) is 3.60. The van der Waals surface area contributed by atoms with Gasteiger partial charge in [0.25, 0.3) is 0 Å². The van der Waals surface area contributed by atoms with Crippen molar-refractivity contribution >= 4 is 11.8 Å². The number of aryl methyl sites for hydroxylation is 2. The number of rotatable bonds is 4. The summed E-state index contributed by atoms with van der Waals surface area (Å²) in [6.07, 6.45) is 0.789. The molecule has 148 valence electrons. The second-order valence-electron chi connectivity index (χ2n) is 7.67. The van der Waals surface area contributed by atoms with Gasteiger partial charge in [0, 0.05) is 17.7 Å². The Morgan fingerprint density at radius 1 is 0.867 bits per heavy atom. The van der Waals surface area contributed by atoms with Gasteiger partial charge >= 0.3 is 0 Å². The molecular weight excluding hydrogens is 388 g/mol. The number of hydrogen-bond acceptors (Lipinski definition) is 4. The van der Waals surface area contributed by atoms with Crippen LogP contribution in [0.25, 0.3) is 11.4 Å². The van der Waals surface area contributed by atoms with Crippen LogP contribution in [-0.2, 0) is 12.2 Å². The quantitative estimate of drug-likeness (QED) is 0.242. The zero-order chi connectivity index (χ0) is 20.5. The number of benzene rings is 3. The molecule has 4 heteroatoms. The third-order valence-electron chi connectivity index (χ3n) is 5.25. The lowest BCUT2D eigenvalue weighted by atomic mass is 10.0. The summed E-state index contributed by atoms with van der Waals surface area (Å²) in [5, 5.41) is 0.992. The summed E-state index contributed by atoms with van der Waals surface area (Å²) in [5.41, 5.74) is 7.00. The highest BCUT2D eigenvalue weighted by molar-refractivity contribution is 7.98. The fraction of sp³-hybridized carbons (Fsp3) is 0.154. The summed E-state index contributed by atoms with van der Waals surface area (Å²) in [5.74, 6) is 3.13. The largest absolute Gasteiger partial charge is 0.438 e. The topological polar surface area (TPSA) is 35.0 Å². The molecule has 4 aromatic rings. The molecule has 1 aliphatic heterocycles. The van der Waals surface area contributed by atoms with E-state index < -0.39 is 0 Å². The first kappa shape index (κ1) is 18.9. The minimum absolute atomic E-state index is 0.674. The van der Waals surface area contributed by atoms with E-state index in [0.717, 1.165) is 34.1 Å². The summed E-state index contributed by atoms with van der Waals surface area (Å²) in [6, 6.07) is 25.1. The predicted molar refractivity (Wildman–Crippen MR) is 122 cm³/mol. The molecule has 0 radical (unpaired) electrons. The van der Waals surface area contributed by atoms with Crippen LogP contribution in [0, 0.1) is 13.8 Å². The molecule has 3 aromatic carbocycles. The van der Waals surface area contributed by atoms with E-state index >= 15 is 0 Å². The van der Waals surface area contributed by atoms with Gasteiger partial charge in [0.05, 0.1) is 5.56 Å². The standard InChI is InChI=1S/C26H22N2OS/c1-17-8-11-20(12-9-17)24-27-25-22(15-21-14-18(2)10-13-23(21)29-25)26(28-24)30-16-19-6-4-3-5-7-19/h3-14H,15-16H2,1-2H3.